The zero-order valence-electron chi connectivity index (χ0n) is 21.7. The maximum Gasteiger partial charge on any atom is 0.115 e. The molecule has 0 bridgehead atoms. The van der Waals surface area contributed by atoms with Crippen LogP contribution in [0.5, 0.6) is 23.0 Å². The highest BCUT2D eigenvalue weighted by molar-refractivity contribution is 5.45. The van der Waals surface area contributed by atoms with Gasteiger partial charge in [-0.15, -0.1) is 0 Å². The standard InChI is InChI=1S/2C17H18O2/c2*18-15-7-3-13(4-8-15)17(11-1-2-12-17)14-5-9-16(19)10-6-14/h2*3-10,18-19H,1-2,11-12H2. The van der Waals surface area contributed by atoms with Gasteiger partial charge in [-0.3, -0.25) is 0 Å². The van der Waals surface area contributed by atoms with Crippen molar-refractivity contribution in [1.82, 2.24) is 0 Å². The van der Waals surface area contributed by atoms with Crippen LogP contribution in [0.3, 0.4) is 0 Å². The van der Waals surface area contributed by atoms with Gasteiger partial charge >= 0.3 is 0 Å². The fourth-order valence-electron chi connectivity index (χ4n) is 6.57. The first kappa shape index (κ1) is 25.7. The van der Waals surface area contributed by atoms with E-state index < -0.39 is 0 Å². The summed E-state index contributed by atoms with van der Waals surface area (Å²) in [6.07, 6.45) is 9.41. The number of rotatable bonds is 4. The predicted octanol–water partition coefficient (Wildman–Crippen LogP) is 7.92. The van der Waals surface area contributed by atoms with Gasteiger partial charge in [-0.25, -0.2) is 0 Å². The summed E-state index contributed by atoms with van der Waals surface area (Å²) in [4.78, 5) is 0. The molecule has 0 radical (unpaired) electrons. The summed E-state index contributed by atoms with van der Waals surface area (Å²) in [6.45, 7) is 0. The third-order valence-electron chi connectivity index (χ3n) is 8.59. The Morgan fingerprint density at radius 2 is 0.500 bits per heavy atom. The Balaban J connectivity index is 0.000000155. The molecule has 4 aromatic carbocycles. The molecule has 4 N–H and O–H groups in total. The van der Waals surface area contributed by atoms with Crippen LogP contribution in [0, 0.1) is 0 Å². The quantitative estimate of drug-likeness (QED) is 0.226. The molecule has 4 aromatic rings. The number of benzene rings is 4. The minimum Gasteiger partial charge on any atom is -0.508 e. The van der Waals surface area contributed by atoms with Crippen molar-refractivity contribution in [2.75, 3.05) is 0 Å². The van der Waals surface area contributed by atoms with E-state index in [9.17, 15) is 20.4 Å². The molecule has 0 aromatic heterocycles. The van der Waals surface area contributed by atoms with Crippen LogP contribution in [-0.2, 0) is 10.8 Å². The van der Waals surface area contributed by atoms with E-state index in [4.69, 9.17) is 0 Å². The molecule has 6 rings (SSSR count). The zero-order chi connectivity index (χ0) is 26.6. The van der Waals surface area contributed by atoms with E-state index in [2.05, 4.69) is 0 Å². The minimum atomic E-state index is 0.0431. The van der Waals surface area contributed by atoms with E-state index in [1.54, 1.807) is 48.5 Å². The summed E-state index contributed by atoms with van der Waals surface area (Å²) in [5.74, 6) is 1.23. The van der Waals surface area contributed by atoms with Crippen LogP contribution < -0.4 is 0 Å². The second-order valence-corrected chi connectivity index (χ2v) is 10.8. The van der Waals surface area contributed by atoms with Gasteiger partial charge in [0, 0.05) is 10.8 Å². The summed E-state index contributed by atoms with van der Waals surface area (Å²) in [5.41, 5.74) is 5.12. The van der Waals surface area contributed by atoms with Crippen molar-refractivity contribution < 1.29 is 20.4 Å². The second kappa shape index (κ2) is 10.8. The number of phenolic OH excluding ortho intramolecular Hbond substituents is 4. The molecule has 0 atom stereocenters. The predicted molar refractivity (Wildman–Crippen MR) is 151 cm³/mol. The average Bonchev–Trinajstić information content (AvgIpc) is 3.63. The minimum absolute atomic E-state index is 0.0431. The largest absolute Gasteiger partial charge is 0.508 e. The van der Waals surface area contributed by atoms with Crippen molar-refractivity contribution >= 4 is 0 Å². The molecule has 0 saturated heterocycles. The van der Waals surface area contributed by atoms with Gasteiger partial charge in [0.15, 0.2) is 0 Å². The summed E-state index contributed by atoms with van der Waals surface area (Å²) in [5, 5.41) is 37.8. The Morgan fingerprint density at radius 1 is 0.316 bits per heavy atom. The summed E-state index contributed by atoms with van der Waals surface area (Å²) >= 11 is 0. The Labute approximate surface area is 224 Å². The molecule has 0 heterocycles. The molecule has 0 unspecified atom stereocenters. The van der Waals surface area contributed by atoms with Crippen molar-refractivity contribution in [3.8, 4) is 23.0 Å². The number of hydrogen-bond donors (Lipinski definition) is 4. The lowest BCUT2D eigenvalue weighted by atomic mass is 9.73. The summed E-state index contributed by atoms with van der Waals surface area (Å²) < 4.78 is 0. The lowest BCUT2D eigenvalue weighted by molar-refractivity contribution is 0.470. The van der Waals surface area contributed by atoms with Crippen LogP contribution in [0.2, 0.25) is 0 Å². The fourth-order valence-corrected chi connectivity index (χ4v) is 6.57. The third kappa shape index (κ3) is 5.08. The molecule has 38 heavy (non-hydrogen) atoms. The van der Waals surface area contributed by atoms with Gasteiger partial charge in [-0.05, 0) is 96.5 Å². The van der Waals surface area contributed by atoms with Crippen LogP contribution in [0.25, 0.3) is 0 Å². The molecule has 4 heteroatoms. The van der Waals surface area contributed by atoms with E-state index in [1.165, 1.54) is 47.9 Å². The van der Waals surface area contributed by atoms with Crippen molar-refractivity contribution in [2.45, 2.75) is 62.2 Å². The number of phenols is 4. The first-order valence-corrected chi connectivity index (χ1v) is 13.6. The second-order valence-electron chi connectivity index (χ2n) is 10.8. The Bertz CT molecular complexity index is 1110. The number of aromatic hydroxyl groups is 4. The van der Waals surface area contributed by atoms with Crippen molar-refractivity contribution in [2.24, 2.45) is 0 Å². The smallest absolute Gasteiger partial charge is 0.115 e. The maximum absolute atomic E-state index is 9.46. The number of hydrogen-bond acceptors (Lipinski definition) is 4. The van der Waals surface area contributed by atoms with Crippen LogP contribution in [-0.4, -0.2) is 20.4 Å². The highest BCUT2D eigenvalue weighted by atomic mass is 16.3. The van der Waals surface area contributed by atoms with Gasteiger partial charge in [0.1, 0.15) is 23.0 Å². The molecule has 196 valence electrons. The SMILES string of the molecule is Oc1ccc(C2(c3ccc(O)cc3)CCCC2)cc1.Oc1ccc(C2(c3ccc(O)cc3)CCCC2)cc1. The molecule has 2 fully saturated rings. The highest BCUT2D eigenvalue weighted by Crippen LogP contribution is 2.48. The summed E-state index contributed by atoms with van der Waals surface area (Å²) in [7, 11) is 0. The van der Waals surface area contributed by atoms with E-state index in [-0.39, 0.29) is 10.8 Å². The zero-order valence-corrected chi connectivity index (χ0v) is 21.7. The van der Waals surface area contributed by atoms with Gasteiger partial charge in [0.05, 0.1) is 0 Å². The average molecular weight is 509 g/mol. The lowest BCUT2D eigenvalue weighted by Gasteiger charge is -2.30. The maximum atomic E-state index is 9.46. The monoisotopic (exact) mass is 508 g/mol. The molecule has 2 aliphatic carbocycles. The van der Waals surface area contributed by atoms with Crippen molar-refractivity contribution in [3.05, 3.63) is 119 Å². The Morgan fingerprint density at radius 3 is 0.684 bits per heavy atom. The van der Waals surface area contributed by atoms with E-state index in [0.29, 0.717) is 23.0 Å². The van der Waals surface area contributed by atoms with Crippen LogP contribution in [0.15, 0.2) is 97.1 Å². The van der Waals surface area contributed by atoms with Gasteiger partial charge in [-0.1, -0.05) is 74.2 Å². The topological polar surface area (TPSA) is 80.9 Å². The Kier molecular flexibility index (Phi) is 7.33. The molecular weight excluding hydrogens is 472 g/mol. The first-order chi connectivity index (χ1) is 18.4. The van der Waals surface area contributed by atoms with Crippen LogP contribution in [0.4, 0.5) is 0 Å². The van der Waals surface area contributed by atoms with Crippen LogP contribution >= 0.6 is 0 Å². The molecular formula is C34H36O4. The first-order valence-electron chi connectivity index (χ1n) is 13.6. The van der Waals surface area contributed by atoms with Crippen molar-refractivity contribution in [1.29, 1.82) is 0 Å². The molecule has 4 nitrogen and oxygen atoms in total. The van der Waals surface area contributed by atoms with Crippen LogP contribution in [0.1, 0.15) is 73.6 Å². The molecule has 2 saturated carbocycles. The molecule has 0 aliphatic heterocycles. The van der Waals surface area contributed by atoms with Gasteiger partial charge in [0.2, 0.25) is 0 Å². The molecule has 0 amide bonds. The Hall–Kier alpha value is -3.92. The van der Waals surface area contributed by atoms with Gasteiger partial charge < -0.3 is 20.4 Å². The van der Waals surface area contributed by atoms with Crippen molar-refractivity contribution in [3.63, 3.8) is 0 Å². The normalized spacial score (nSPS) is 17.5. The van der Waals surface area contributed by atoms with Gasteiger partial charge in [-0.2, -0.15) is 0 Å². The van der Waals surface area contributed by atoms with E-state index >= 15 is 0 Å². The summed E-state index contributed by atoms with van der Waals surface area (Å²) in [6, 6.07) is 30.2. The molecule has 0 spiro atoms. The van der Waals surface area contributed by atoms with Gasteiger partial charge in [0.25, 0.3) is 0 Å². The third-order valence-corrected chi connectivity index (χ3v) is 8.59. The van der Waals surface area contributed by atoms with E-state index in [1.807, 2.05) is 48.5 Å². The lowest BCUT2D eigenvalue weighted by Crippen LogP contribution is -2.23. The highest BCUT2D eigenvalue weighted by Gasteiger charge is 2.38. The fraction of sp³-hybridized carbons (Fsp3) is 0.294. The van der Waals surface area contributed by atoms with E-state index in [0.717, 1.165) is 25.7 Å². The molecule has 2 aliphatic rings.